The zero-order valence-corrected chi connectivity index (χ0v) is 23.5. The van der Waals surface area contributed by atoms with E-state index in [0.717, 1.165) is 30.5 Å². The molecule has 222 valence electrons. The van der Waals surface area contributed by atoms with Crippen molar-refractivity contribution in [1.29, 1.82) is 0 Å². The van der Waals surface area contributed by atoms with Crippen LogP contribution >= 0.6 is 0 Å². The van der Waals surface area contributed by atoms with Crippen molar-refractivity contribution in [2.75, 3.05) is 31.2 Å². The number of nitrogens with one attached hydrogen (secondary N) is 1. The number of rotatable bonds is 14. The van der Waals surface area contributed by atoms with Gasteiger partial charge in [-0.05, 0) is 62.3 Å². The maximum Gasteiger partial charge on any atom is 0.294 e. The topological polar surface area (TPSA) is 168 Å². The lowest BCUT2D eigenvalue weighted by molar-refractivity contribution is -0.791. The smallest absolute Gasteiger partial charge is 0.294 e. The van der Waals surface area contributed by atoms with Gasteiger partial charge in [0, 0.05) is 31.5 Å². The van der Waals surface area contributed by atoms with Gasteiger partial charge in [0.1, 0.15) is 29.8 Å². The number of ether oxygens (including phenoxy) is 1. The molecule has 3 heterocycles. The molecule has 41 heavy (non-hydrogen) atoms. The molecule has 1 aliphatic heterocycles. The molecule has 0 saturated carbocycles. The van der Waals surface area contributed by atoms with Gasteiger partial charge in [-0.15, -0.1) is 20.2 Å². The quantitative estimate of drug-likeness (QED) is 0.219. The summed E-state index contributed by atoms with van der Waals surface area (Å²) in [5, 5.41) is 19.7. The molecule has 0 radical (unpaired) electrons. The maximum absolute atomic E-state index is 13.3. The van der Waals surface area contributed by atoms with Gasteiger partial charge in [0.15, 0.2) is 0 Å². The van der Waals surface area contributed by atoms with Crippen LogP contribution in [-0.4, -0.2) is 57.1 Å². The summed E-state index contributed by atoms with van der Waals surface area (Å²) in [5.41, 5.74) is 3.60. The van der Waals surface area contributed by atoms with Crippen LogP contribution in [0.15, 0.2) is 29.2 Å². The number of H-pyrrole nitrogens is 1. The van der Waals surface area contributed by atoms with E-state index in [0.29, 0.717) is 67.3 Å². The van der Waals surface area contributed by atoms with Gasteiger partial charge in [-0.25, -0.2) is 4.98 Å². The van der Waals surface area contributed by atoms with Crippen molar-refractivity contribution >= 4 is 16.7 Å². The average molecular weight is 573 g/mol. The van der Waals surface area contributed by atoms with Gasteiger partial charge in [0.2, 0.25) is 0 Å². The Labute approximate surface area is 236 Å². The van der Waals surface area contributed by atoms with Gasteiger partial charge in [-0.2, -0.15) is 0 Å². The summed E-state index contributed by atoms with van der Waals surface area (Å²) in [6.45, 7) is 7.83. The standard InChI is InChI=1S/C27H36N6O8/c1-4-7-19-16-30(6-3)25-24(19)28-26(29-27(25)34)21-15-20(8-9-22(21)39-14-5-2)31-12-10-18(11-13-31)23(41-33(37)38)17-40-32(35)36/h8-9,15-16,18,23H,4-7,10-14,17H2,1-3H3,(H,28,29,34). The van der Waals surface area contributed by atoms with Gasteiger partial charge in [-0.3, -0.25) is 4.79 Å². The third kappa shape index (κ3) is 6.87. The molecule has 2 aromatic heterocycles. The minimum atomic E-state index is -1.04. The number of aromatic amines is 1. The van der Waals surface area contributed by atoms with Crippen molar-refractivity contribution in [1.82, 2.24) is 14.5 Å². The second-order valence-corrected chi connectivity index (χ2v) is 10.0. The van der Waals surface area contributed by atoms with Crippen LogP contribution in [0.4, 0.5) is 5.69 Å². The summed E-state index contributed by atoms with van der Waals surface area (Å²) < 4.78 is 7.96. The van der Waals surface area contributed by atoms with E-state index in [-0.39, 0.29) is 11.5 Å². The molecule has 1 unspecified atom stereocenters. The SMILES string of the molecule is CCCOc1ccc(N2CCC(C(CO[N+](=O)[O-])O[N+](=O)[O-])CC2)cc1-c1nc2c(CCC)cn(CC)c2c(=O)[nH]1. The highest BCUT2D eigenvalue weighted by Crippen LogP contribution is 2.35. The Kier molecular flexibility index (Phi) is 9.63. The molecule has 1 N–H and O–H groups in total. The molecule has 1 aliphatic rings. The molecule has 1 atom stereocenters. The molecule has 4 rings (SSSR count). The number of benzene rings is 1. The van der Waals surface area contributed by atoms with Crippen molar-refractivity contribution in [2.24, 2.45) is 5.92 Å². The molecule has 1 aromatic carbocycles. The second kappa shape index (κ2) is 13.3. The fourth-order valence-electron chi connectivity index (χ4n) is 5.36. The number of aromatic nitrogens is 3. The normalized spacial score (nSPS) is 14.7. The number of hydrogen-bond donors (Lipinski definition) is 1. The summed E-state index contributed by atoms with van der Waals surface area (Å²) in [4.78, 5) is 53.9. The highest BCUT2D eigenvalue weighted by atomic mass is 17.0. The Morgan fingerprint density at radius 1 is 1.12 bits per heavy atom. The minimum absolute atomic E-state index is 0.212. The van der Waals surface area contributed by atoms with E-state index in [2.05, 4.69) is 21.6 Å². The lowest BCUT2D eigenvalue weighted by Crippen LogP contribution is -2.41. The minimum Gasteiger partial charge on any atom is -0.493 e. The number of aryl methyl sites for hydroxylation is 2. The lowest BCUT2D eigenvalue weighted by atomic mass is 9.91. The van der Waals surface area contributed by atoms with Crippen LogP contribution < -0.4 is 15.2 Å². The lowest BCUT2D eigenvalue weighted by Gasteiger charge is -2.36. The van der Waals surface area contributed by atoms with Gasteiger partial charge in [0.05, 0.1) is 17.7 Å². The molecule has 0 amide bonds. The summed E-state index contributed by atoms with van der Waals surface area (Å²) in [7, 11) is 0. The summed E-state index contributed by atoms with van der Waals surface area (Å²) in [6, 6.07) is 5.74. The van der Waals surface area contributed by atoms with Gasteiger partial charge >= 0.3 is 0 Å². The number of hydrogen-bond acceptors (Lipinski definition) is 10. The third-order valence-corrected chi connectivity index (χ3v) is 7.33. The molecule has 14 nitrogen and oxygen atoms in total. The highest BCUT2D eigenvalue weighted by Gasteiger charge is 2.31. The van der Waals surface area contributed by atoms with Crippen LogP contribution in [0.5, 0.6) is 5.75 Å². The van der Waals surface area contributed by atoms with Crippen LogP contribution in [0.3, 0.4) is 0 Å². The van der Waals surface area contributed by atoms with Gasteiger partial charge in [-0.1, -0.05) is 20.3 Å². The Hall–Kier alpha value is -4.36. The zero-order chi connectivity index (χ0) is 29.5. The van der Waals surface area contributed by atoms with E-state index in [1.807, 2.05) is 42.8 Å². The number of nitrogens with zero attached hydrogens (tertiary/aromatic N) is 5. The van der Waals surface area contributed by atoms with E-state index >= 15 is 0 Å². The van der Waals surface area contributed by atoms with Crippen molar-refractivity contribution in [3.8, 4) is 17.1 Å². The molecular weight excluding hydrogens is 536 g/mol. The van der Waals surface area contributed by atoms with Gasteiger partial charge < -0.3 is 28.9 Å². The van der Waals surface area contributed by atoms with Crippen molar-refractivity contribution in [3.05, 3.63) is 60.5 Å². The zero-order valence-electron chi connectivity index (χ0n) is 23.5. The highest BCUT2D eigenvalue weighted by molar-refractivity contribution is 5.82. The molecule has 0 spiro atoms. The second-order valence-electron chi connectivity index (χ2n) is 10.0. The predicted octanol–water partition coefficient (Wildman–Crippen LogP) is 4.15. The van der Waals surface area contributed by atoms with Crippen LogP contribution in [0.1, 0.15) is 52.0 Å². The number of anilines is 1. The van der Waals surface area contributed by atoms with E-state index in [4.69, 9.17) is 14.6 Å². The van der Waals surface area contributed by atoms with Crippen LogP contribution in [0, 0.1) is 26.1 Å². The first-order chi connectivity index (χ1) is 19.7. The largest absolute Gasteiger partial charge is 0.493 e. The number of piperidine rings is 1. The van der Waals surface area contributed by atoms with Crippen molar-refractivity contribution in [3.63, 3.8) is 0 Å². The molecule has 0 bridgehead atoms. The van der Waals surface area contributed by atoms with E-state index in [1.165, 1.54) is 0 Å². The Bertz CT molecular complexity index is 1430. The van der Waals surface area contributed by atoms with Crippen LogP contribution in [0.25, 0.3) is 22.4 Å². The van der Waals surface area contributed by atoms with E-state index < -0.39 is 22.9 Å². The van der Waals surface area contributed by atoms with Gasteiger partial charge in [0.25, 0.3) is 15.7 Å². The average Bonchev–Trinajstić information content (AvgIpc) is 3.32. The molecule has 1 saturated heterocycles. The number of fused-ring (bicyclic) bond motifs is 1. The first-order valence-corrected chi connectivity index (χ1v) is 14.0. The van der Waals surface area contributed by atoms with Crippen LogP contribution in [-0.2, 0) is 22.6 Å². The fourth-order valence-corrected chi connectivity index (χ4v) is 5.36. The maximum atomic E-state index is 13.3. The monoisotopic (exact) mass is 572 g/mol. The summed E-state index contributed by atoms with van der Waals surface area (Å²) >= 11 is 0. The van der Waals surface area contributed by atoms with Crippen molar-refractivity contribution in [2.45, 2.75) is 65.5 Å². The molecule has 14 heteroatoms. The molecular formula is C27H36N6O8. The summed E-state index contributed by atoms with van der Waals surface area (Å²) in [6.07, 6.45) is 4.53. The predicted molar refractivity (Wildman–Crippen MR) is 151 cm³/mol. The first-order valence-electron chi connectivity index (χ1n) is 14.0. The van der Waals surface area contributed by atoms with E-state index in [9.17, 15) is 25.0 Å². The molecule has 3 aromatic rings. The first kappa shape index (κ1) is 29.6. The third-order valence-electron chi connectivity index (χ3n) is 7.33. The Morgan fingerprint density at radius 2 is 1.88 bits per heavy atom. The van der Waals surface area contributed by atoms with Crippen LogP contribution in [0.2, 0.25) is 0 Å². The molecule has 1 fully saturated rings. The van der Waals surface area contributed by atoms with Crippen molar-refractivity contribution < 1.29 is 24.6 Å². The molecule has 0 aliphatic carbocycles. The Morgan fingerprint density at radius 3 is 2.51 bits per heavy atom. The Balaban J connectivity index is 1.64. The summed E-state index contributed by atoms with van der Waals surface area (Å²) in [5.74, 6) is 0.743. The fraction of sp³-hybridized carbons (Fsp3) is 0.556. The van der Waals surface area contributed by atoms with E-state index in [1.54, 1.807) is 0 Å².